The first-order valence-electron chi connectivity index (χ1n) is 10.6. The number of amides is 1. The molecule has 0 aliphatic carbocycles. The van der Waals surface area contributed by atoms with Gasteiger partial charge < -0.3 is 15.2 Å². The molecule has 6 nitrogen and oxygen atoms in total. The number of nitrogens with one attached hydrogen (secondary N) is 2. The Labute approximate surface area is 179 Å². The Balaban J connectivity index is 1.39. The van der Waals surface area contributed by atoms with Crippen LogP contribution in [0.15, 0.2) is 60.8 Å². The molecular weight excluding hydrogens is 393 g/mol. The summed E-state index contributed by atoms with van der Waals surface area (Å²) in [4.78, 5) is 18.3. The Morgan fingerprint density at radius 2 is 1.94 bits per heavy atom. The quantitative estimate of drug-likeness (QED) is 0.492. The number of fused-ring (bicyclic) bond motifs is 1. The number of hydrogen-bond acceptors (Lipinski definition) is 3. The normalized spacial score (nSPS) is 14.8. The molecule has 0 saturated carbocycles. The van der Waals surface area contributed by atoms with Crippen LogP contribution in [0.5, 0.6) is 0 Å². The van der Waals surface area contributed by atoms with Gasteiger partial charge in [0.1, 0.15) is 17.3 Å². The molecule has 1 fully saturated rings. The molecule has 1 amide bonds. The lowest BCUT2D eigenvalue weighted by atomic mass is 9.98. The number of carbonyl (C=O) groups excluding carboxylic acids is 1. The smallest absolute Gasteiger partial charge is 0.272 e. The van der Waals surface area contributed by atoms with Crippen LogP contribution in [0.25, 0.3) is 16.7 Å². The highest BCUT2D eigenvalue weighted by atomic mass is 19.1. The van der Waals surface area contributed by atoms with Crippen LogP contribution in [0.3, 0.4) is 0 Å². The Kier molecular flexibility index (Phi) is 4.94. The number of aromatic amines is 1. The number of rotatable bonds is 4. The van der Waals surface area contributed by atoms with E-state index in [0.717, 1.165) is 42.5 Å². The molecule has 0 unspecified atom stereocenters. The molecule has 0 atom stereocenters. The number of nitrogens with zero attached hydrogens (tertiary/aromatic N) is 3. The van der Waals surface area contributed by atoms with Crippen molar-refractivity contribution in [3.8, 4) is 5.82 Å². The highest BCUT2D eigenvalue weighted by molar-refractivity contribution is 6.05. The minimum Gasteiger partial charge on any atom is -0.370 e. The molecule has 3 heterocycles. The second-order valence-electron chi connectivity index (χ2n) is 8.16. The van der Waals surface area contributed by atoms with Crippen molar-refractivity contribution < 1.29 is 9.18 Å². The van der Waals surface area contributed by atoms with Gasteiger partial charge in [0, 0.05) is 18.5 Å². The SMILES string of the molecule is CC1CCN(c2ccc(F)cc2NC(=O)c2ccc(-n3ncc4ccccc43)[nH]2)CC1. The van der Waals surface area contributed by atoms with Crippen molar-refractivity contribution in [1.82, 2.24) is 14.8 Å². The van der Waals surface area contributed by atoms with Gasteiger partial charge in [0.25, 0.3) is 5.91 Å². The van der Waals surface area contributed by atoms with Crippen molar-refractivity contribution in [1.29, 1.82) is 0 Å². The molecule has 1 aliphatic rings. The van der Waals surface area contributed by atoms with Crippen LogP contribution < -0.4 is 10.2 Å². The van der Waals surface area contributed by atoms with Gasteiger partial charge in [-0.3, -0.25) is 4.79 Å². The summed E-state index contributed by atoms with van der Waals surface area (Å²) in [5, 5.41) is 8.32. The highest BCUT2D eigenvalue weighted by Crippen LogP contribution is 2.31. The summed E-state index contributed by atoms with van der Waals surface area (Å²) in [5.74, 6) is 0.681. The number of hydrogen-bond donors (Lipinski definition) is 2. The van der Waals surface area contributed by atoms with Crippen molar-refractivity contribution in [3.63, 3.8) is 0 Å². The van der Waals surface area contributed by atoms with E-state index in [4.69, 9.17) is 0 Å². The number of anilines is 2. The molecule has 7 heteroatoms. The maximum Gasteiger partial charge on any atom is 0.272 e. The van der Waals surface area contributed by atoms with E-state index in [9.17, 15) is 9.18 Å². The molecule has 158 valence electrons. The summed E-state index contributed by atoms with van der Waals surface area (Å²) in [6.07, 6.45) is 3.96. The van der Waals surface area contributed by atoms with Crippen LogP contribution >= 0.6 is 0 Å². The lowest BCUT2D eigenvalue weighted by Crippen LogP contribution is -2.33. The number of benzene rings is 2. The molecule has 0 bridgehead atoms. The van der Waals surface area contributed by atoms with Crippen LogP contribution in [-0.4, -0.2) is 33.8 Å². The highest BCUT2D eigenvalue weighted by Gasteiger charge is 2.20. The summed E-state index contributed by atoms with van der Waals surface area (Å²) in [6.45, 7) is 4.04. The molecule has 2 aromatic heterocycles. The minimum absolute atomic E-state index is 0.320. The molecular formula is C24H24FN5O. The van der Waals surface area contributed by atoms with Crippen molar-refractivity contribution >= 4 is 28.2 Å². The lowest BCUT2D eigenvalue weighted by molar-refractivity contribution is 0.102. The van der Waals surface area contributed by atoms with Crippen molar-refractivity contribution in [3.05, 3.63) is 72.3 Å². The fourth-order valence-corrected chi connectivity index (χ4v) is 4.13. The summed E-state index contributed by atoms with van der Waals surface area (Å²) in [7, 11) is 0. The molecule has 1 aliphatic heterocycles. The third kappa shape index (κ3) is 3.79. The van der Waals surface area contributed by atoms with Gasteiger partial charge in [0.05, 0.1) is 23.1 Å². The first-order chi connectivity index (χ1) is 15.1. The fraction of sp³-hybridized carbons (Fsp3) is 0.250. The van der Waals surface area contributed by atoms with E-state index < -0.39 is 0 Å². The largest absolute Gasteiger partial charge is 0.370 e. The van der Waals surface area contributed by atoms with Crippen LogP contribution in [0.4, 0.5) is 15.8 Å². The van der Waals surface area contributed by atoms with Crippen molar-refractivity contribution in [2.24, 2.45) is 5.92 Å². The topological polar surface area (TPSA) is 66.0 Å². The van der Waals surface area contributed by atoms with Crippen LogP contribution in [0.1, 0.15) is 30.3 Å². The van der Waals surface area contributed by atoms with Crippen LogP contribution in [0, 0.1) is 11.7 Å². The zero-order chi connectivity index (χ0) is 21.4. The maximum atomic E-state index is 14.0. The standard InChI is InChI=1S/C24H24FN5O/c1-16-10-12-29(13-11-16)22-8-6-18(25)14-20(22)28-24(31)19-7-9-23(27-19)30-21-5-3-2-4-17(21)15-26-30/h2-9,14-16,27H,10-13H2,1H3,(H,28,31). The van der Waals surface area contributed by atoms with Gasteiger partial charge in [0.2, 0.25) is 0 Å². The number of piperidine rings is 1. The molecule has 1 saturated heterocycles. The van der Waals surface area contributed by atoms with E-state index in [1.54, 1.807) is 23.0 Å². The molecule has 5 rings (SSSR count). The summed E-state index contributed by atoms with van der Waals surface area (Å²) >= 11 is 0. The lowest BCUT2D eigenvalue weighted by Gasteiger charge is -2.33. The number of para-hydroxylation sites is 1. The predicted molar refractivity (Wildman–Crippen MR) is 120 cm³/mol. The monoisotopic (exact) mass is 417 g/mol. The molecule has 4 aromatic rings. The number of H-pyrrole nitrogens is 1. The maximum absolute atomic E-state index is 14.0. The number of aromatic nitrogens is 3. The van der Waals surface area contributed by atoms with Gasteiger partial charge >= 0.3 is 0 Å². The Bertz CT molecular complexity index is 1240. The zero-order valence-electron chi connectivity index (χ0n) is 17.3. The van der Waals surface area contributed by atoms with Gasteiger partial charge in [0.15, 0.2) is 0 Å². The Morgan fingerprint density at radius 1 is 1.13 bits per heavy atom. The predicted octanol–water partition coefficient (Wildman–Crippen LogP) is 4.98. The average Bonchev–Trinajstić information content (AvgIpc) is 3.42. The molecule has 0 radical (unpaired) electrons. The number of halogens is 1. The third-order valence-corrected chi connectivity index (χ3v) is 5.95. The first-order valence-corrected chi connectivity index (χ1v) is 10.6. The summed E-state index contributed by atoms with van der Waals surface area (Å²) in [6, 6.07) is 16.0. The molecule has 31 heavy (non-hydrogen) atoms. The Hall–Kier alpha value is -3.61. The van der Waals surface area contributed by atoms with Crippen LogP contribution in [-0.2, 0) is 0 Å². The second-order valence-corrected chi connectivity index (χ2v) is 8.16. The minimum atomic E-state index is -0.375. The van der Waals surface area contributed by atoms with E-state index in [2.05, 4.69) is 27.2 Å². The third-order valence-electron chi connectivity index (χ3n) is 5.95. The van der Waals surface area contributed by atoms with Gasteiger partial charge in [-0.1, -0.05) is 25.1 Å². The average molecular weight is 417 g/mol. The molecule has 2 aromatic carbocycles. The van der Waals surface area contributed by atoms with Gasteiger partial charge in [-0.05, 0) is 55.2 Å². The van der Waals surface area contributed by atoms with Gasteiger partial charge in [-0.15, -0.1) is 0 Å². The second kappa shape index (κ2) is 7.91. The van der Waals surface area contributed by atoms with Gasteiger partial charge in [-0.2, -0.15) is 5.10 Å². The zero-order valence-corrected chi connectivity index (χ0v) is 17.3. The van der Waals surface area contributed by atoms with Gasteiger partial charge in [-0.25, -0.2) is 9.07 Å². The number of carbonyl (C=O) groups is 1. The van der Waals surface area contributed by atoms with E-state index in [-0.39, 0.29) is 11.7 Å². The summed E-state index contributed by atoms with van der Waals surface area (Å²) < 4.78 is 15.7. The van der Waals surface area contributed by atoms with Crippen molar-refractivity contribution in [2.75, 3.05) is 23.3 Å². The Morgan fingerprint density at radius 3 is 2.77 bits per heavy atom. The van der Waals surface area contributed by atoms with E-state index >= 15 is 0 Å². The van der Waals surface area contributed by atoms with E-state index in [1.165, 1.54) is 12.1 Å². The van der Waals surface area contributed by atoms with E-state index in [1.807, 2.05) is 30.3 Å². The molecule has 0 spiro atoms. The van der Waals surface area contributed by atoms with Crippen molar-refractivity contribution in [2.45, 2.75) is 19.8 Å². The fourth-order valence-electron chi connectivity index (χ4n) is 4.13. The summed E-state index contributed by atoms with van der Waals surface area (Å²) in [5.41, 5.74) is 2.67. The first kappa shape index (κ1) is 19.4. The van der Waals surface area contributed by atoms with Crippen LogP contribution in [0.2, 0.25) is 0 Å². The van der Waals surface area contributed by atoms with E-state index in [0.29, 0.717) is 23.1 Å². The molecule has 2 N–H and O–H groups in total.